The fourth-order valence-electron chi connectivity index (χ4n) is 3.03. The molecule has 2 aromatic rings. The molecule has 3 rings (SSSR count). The number of aryl methyl sites for hydroxylation is 2. The highest BCUT2D eigenvalue weighted by molar-refractivity contribution is 5.93. The highest BCUT2D eigenvalue weighted by Crippen LogP contribution is 2.29. The number of amides is 1. The first kappa shape index (κ1) is 20.0. The van der Waals surface area contributed by atoms with Gasteiger partial charge in [-0.15, -0.1) is 0 Å². The third kappa shape index (κ3) is 5.39. The lowest BCUT2D eigenvalue weighted by atomic mass is 10.2. The molecule has 0 aromatic heterocycles. The smallest absolute Gasteiger partial charge is 0.262 e. The molecule has 0 bridgehead atoms. The molecule has 2 aromatic carbocycles. The van der Waals surface area contributed by atoms with E-state index < -0.39 is 0 Å². The van der Waals surface area contributed by atoms with Gasteiger partial charge in [-0.25, -0.2) is 0 Å². The molecule has 1 amide bonds. The molecule has 1 unspecified atom stereocenters. The van der Waals surface area contributed by atoms with Gasteiger partial charge >= 0.3 is 0 Å². The first-order chi connectivity index (χ1) is 13.5. The molecule has 1 heterocycles. The number of rotatable bonds is 8. The van der Waals surface area contributed by atoms with Crippen molar-refractivity contribution in [1.82, 2.24) is 0 Å². The zero-order valence-electron chi connectivity index (χ0n) is 16.6. The molecule has 1 atom stereocenters. The van der Waals surface area contributed by atoms with E-state index in [0.29, 0.717) is 29.5 Å². The second kappa shape index (κ2) is 9.46. The monoisotopic (exact) mass is 385 g/mol. The van der Waals surface area contributed by atoms with E-state index in [1.54, 1.807) is 13.2 Å². The second-order valence-corrected chi connectivity index (χ2v) is 6.94. The standard InChI is InChI=1S/C22H27NO5/c1-15-6-8-18(20(11-15)27-13-17-5-4-10-26-17)23-22(24)14-28-19-9-7-16(2)12-21(19)25-3/h6-9,11-12,17H,4-5,10,13-14H2,1-3H3,(H,23,24). The average Bonchev–Trinajstić information content (AvgIpc) is 3.20. The number of hydrogen-bond donors (Lipinski definition) is 1. The summed E-state index contributed by atoms with van der Waals surface area (Å²) in [6.45, 7) is 5.08. The maximum atomic E-state index is 12.4. The molecule has 1 N–H and O–H groups in total. The summed E-state index contributed by atoms with van der Waals surface area (Å²) in [6.07, 6.45) is 2.17. The third-order valence-corrected chi connectivity index (χ3v) is 4.54. The highest BCUT2D eigenvalue weighted by Gasteiger charge is 2.17. The van der Waals surface area contributed by atoms with Crippen LogP contribution in [0.1, 0.15) is 24.0 Å². The summed E-state index contributed by atoms with van der Waals surface area (Å²) < 4.78 is 22.4. The Hall–Kier alpha value is -2.73. The normalized spacial score (nSPS) is 15.9. The van der Waals surface area contributed by atoms with Crippen LogP contribution >= 0.6 is 0 Å². The Labute approximate surface area is 165 Å². The zero-order valence-corrected chi connectivity index (χ0v) is 16.6. The average molecular weight is 385 g/mol. The Morgan fingerprint density at radius 3 is 2.54 bits per heavy atom. The van der Waals surface area contributed by atoms with Gasteiger partial charge in [0.05, 0.1) is 18.9 Å². The van der Waals surface area contributed by atoms with Crippen molar-refractivity contribution in [1.29, 1.82) is 0 Å². The van der Waals surface area contributed by atoms with Crippen molar-refractivity contribution in [2.45, 2.75) is 32.8 Å². The van der Waals surface area contributed by atoms with Gasteiger partial charge in [0.15, 0.2) is 18.1 Å². The van der Waals surface area contributed by atoms with E-state index in [0.717, 1.165) is 30.6 Å². The van der Waals surface area contributed by atoms with Gasteiger partial charge in [-0.3, -0.25) is 4.79 Å². The molecule has 1 aliphatic rings. The number of methoxy groups -OCH3 is 1. The van der Waals surface area contributed by atoms with Gasteiger partial charge in [0.1, 0.15) is 12.4 Å². The van der Waals surface area contributed by atoms with Crippen LogP contribution in [0, 0.1) is 13.8 Å². The number of carbonyl (C=O) groups is 1. The van der Waals surface area contributed by atoms with Crippen molar-refractivity contribution >= 4 is 11.6 Å². The van der Waals surface area contributed by atoms with Gasteiger partial charge < -0.3 is 24.3 Å². The molecule has 1 aliphatic heterocycles. The minimum absolute atomic E-state index is 0.112. The molecule has 0 spiro atoms. The molecule has 28 heavy (non-hydrogen) atoms. The molecule has 150 valence electrons. The number of benzene rings is 2. The lowest BCUT2D eigenvalue weighted by Crippen LogP contribution is -2.22. The second-order valence-electron chi connectivity index (χ2n) is 6.94. The summed E-state index contributed by atoms with van der Waals surface area (Å²) >= 11 is 0. The molecule has 6 heteroatoms. The lowest BCUT2D eigenvalue weighted by molar-refractivity contribution is -0.118. The van der Waals surface area contributed by atoms with Crippen LogP contribution in [0.4, 0.5) is 5.69 Å². The van der Waals surface area contributed by atoms with E-state index in [-0.39, 0.29) is 18.6 Å². The van der Waals surface area contributed by atoms with Gasteiger partial charge in [0.2, 0.25) is 0 Å². The molecule has 1 saturated heterocycles. The lowest BCUT2D eigenvalue weighted by Gasteiger charge is -2.16. The van der Waals surface area contributed by atoms with E-state index in [9.17, 15) is 4.79 Å². The van der Waals surface area contributed by atoms with Gasteiger partial charge in [-0.2, -0.15) is 0 Å². The summed E-state index contributed by atoms with van der Waals surface area (Å²) in [5, 5.41) is 2.86. The van der Waals surface area contributed by atoms with E-state index in [1.165, 1.54) is 0 Å². The SMILES string of the molecule is COc1cc(C)ccc1OCC(=O)Nc1ccc(C)cc1OCC1CCCO1. The Bertz CT molecular complexity index is 815. The van der Waals surface area contributed by atoms with Gasteiger partial charge in [-0.1, -0.05) is 12.1 Å². The van der Waals surface area contributed by atoms with E-state index in [4.69, 9.17) is 18.9 Å². The molecular weight excluding hydrogens is 358 g/mol. The topological polar surface area (TPSA) is 66.0 Å². The van der Waals surface area contributed by atoms with Crippen molar-refractivity contribution in [3.05, 3.63) is 47.5 Å². The molecule has 0 radical (unpaired) electrons. The first-order valence-electron chi connectivity index (χ1n) is 9.47. The van der Waals surface area contributed by atoms with Crippen LogP contribution in [-0.4, -0.2) is 38.9 Å². The summed E-state index contributed by atoms with van der Waals surface area (Å²) in [5.74, 6) is 1.50. The molecular formula is C22H27NO5. The maximum absolute atomic E-state index is 12.4. The largest absolute Gasteiger partial charge is 0.493 e. The van der Waals surface area contributed by atoms with E-state index in [2.05, 4.69) is 5.32 Å². The van der Waals surface area contributed by atoms with Crippen LogP contribution in [0.2, 0.25) is 0 Å². The summed E-state index contributed by atoms with van der Waals surface area (Å²) in [6, 6.07) is 11.2. The van der Waals surface area contributed by atoms with Crippen LogP contribution in [0.5, 0.6) is 17.2 Å². The minimum atomic E-state index is -0.270. The van der Waals surface area contributed by atoms with Crippen molar-refractivity contribution in [3.8, 4) is 17.2 Å². The van der Waals surface area contributed by atoms with Crippen LogP contribution in [0.25, 0.3) is 0 Å². The van der Waals surface area contributed by atoms with Crippen molar-refractivity contribution < 1.29 is 23.7 Å². The Balaban J connectivity index is 1.60. The minimum Gasteiger partial charge on any atom is -0.493 e. The molecule has 0 saturated carbocycles. The van der Waals surface area contributed by atoms with Crippen LogP contribution < -0.4 is 19.5 Å². The van der Waals surface area contributed by atoms with Crippen LogP contribution in [-0.2, 0) is 9.53 Å². The van der Waals surface area contributed by atoms with Gasteiger partial charge in [0.25, 0.3) is 5.91 Å². The first-order valence-corrected chi connectivity index (χ1v) is 9.47. The maximum Gasteiger partial charge on any atom is 0.262 e. The number of nitrogens with one attached hydrogen (secondary N) is 1. The Morgan fingerprint density at radius 2 is 1.82 bits per heavy atom. The predicted octanol–water partition coefficient (Wildman–Crippen LogP) is 3.89. The summed E-state index contributed by atoms with van der Waals surface area (Å²) in [5.41, 5.74) is 2.73. The van der Waals surface area contributed by atoms with E-state index in [1.807, 2.05) is 44.2 Å². The van der Waals surface area contributed by atoms with Crippen molar-refractivity contribution in [2.75, 3.05) is 32.2 Å². The predicted molar refractivity (Wildman–Crippen MR) is 108 cm³/mol. The highest BCUT2D eigenvalue weighted by atomic mass is 16.5. The fraction of sp³-hybridized carbons (Fsp3) is 0.409. The number of hydrogen-bond acceptors (Lipinski definition) is 5. The Morgan fingerprint density at radius 1 is 1.07 bits per heavy atom. The molecule has 0 aliphatic carbocycles. The van der Waals surface area contributed by atoms with Crippen LogP contribution in [0.3, 0.4) is 0 Å². The molecule has 1 fully saturated rings. The summed E-state index contributed by atoms with van der Waals surface area (Å²) in [4.78, 5) is 12.4. The zero-order chi connectivity index (χ0) is 19.9. The quantitative estimate of drug-likeness (QED) is 0.747. The van der Waals surface area contributed by atoms with Crippen molar-refractivity contribution in [3.63, 3.8) is 0 Å². The van der Waals surface area contributed by atoms with Gasteiger partial charge in [-0.05, 0) is 62.1 Å². The fourth-order valence-corrected chi connectivity index (χ4v) is 3.03. The van der Waals surface area contributed by atoms with Crippen LogP contribution in [0.15, 0.2) is 36.4 Å². The number of anilines is 1. The summed E-state index contributed by atoms with van der Waals surface area (Å²) in [7, 11) is 1.58. The third-order valence-electron chi connectivity index (χ3n) is 4.54. The number of carbonyl (C=O) groups excluding carboxylic acids is 1. The Kier molecular flexibility index (Phi) is 6.76. The molecule has 6 nitrogen and oxygen atoms in total. The van der Waals surface area contributed by atoms with E-state index >= 15 is 0 Å². The van der Waals surface area contributed by atoms with Crippen molar-refractivity contribution in [2.24, 2.45) is 0 Å². The van der Waals surface area contributed by atoms with Gasteiger partial charge in [0, 0.05) is 6.61 Å². The number of ether oxygens (including phenoxy) is 4.